The third-order valence-corrected chi connectivity index (χ3v) is 5.98. The lowest BCUT2D eigenvalue weighted by atomic mass is 9.81. The third-order valence-electron chi connectivity index (χ3n) is 5.98. The maximum Gasteiger partial charge on any atom is 0.335 e. The molecule has 3 aromatic carbocycles. The number of carbonyl (C=O) groups is 2. The Balaban J connectivity index is 1.96. The Bertz CT molecular complexity index is 1160. The molecule has 1 aliphatic carbocycles. The van der Waals surface area contributed by atoms with Crippen molar-refractivity contribution in [2.75, 3.05) is 13.7 Å². The van der Waals surface area contributed by atoms with Crippen LogP contribution < -0.4 is 0 Å². The Kier molecular flexibility index (Phi) is 7.02. The molecular formula is C29H27NO4. The van der Waals surface area contributed by atoms with Crippen molar-refractivity contribution >= 4 is 17.7 Å². The molecular weight excluding hydrogens is 426 g/mol. The molecule has 3 aromatic rings. The second-order valence-corrected chi connectivity index (χ2v) is 8.09. The van der Waals surface area contributed by atoms with Crippen molar-refractivity contribution in [1.29, 1.82) is 0 Å². The molecule has 0 heterocycles. The van der Waals surface area contributed by atoms with E-state index in [9.17, 15) is 9.59 Å². The molecule has 0 saturated carbocycles. The van der Waals surface area contributed by atoms with Crippen LogP contribution in [0.3, 0.4) is 0 Å². The summed E-state index contributed by atoms with van der Waals surface area (Å²) >= 11 is 0. The van der Waals surface area contributed by atoms with Crippen LogP contribution in [0.4, 0.5) is 0 Å². The lowest BCUT2D eigenvalue weighted by Gasteiger charge is -2.30. The molecule has 0 spiro atoms. The van der Waals surface area contributed by atoms with Gasteiger partial charge in [-0.15, -0.1) is 0 Å². The van der Waals surface area contributed by atoms with E-state index in [1.54, 1.807) is 13.0 Å². The van der Waals surface area contributed by atoms with Gasteiger partial charge in [0.1, 0.15) is 0 Å². The van der Waals surface area contributed by atoms with Crippen LogP contribution in [0.1, 0.15) is 36.0 Å². The largest absolute Gasteiger partial charge is 0.467 e. The highest BCUT2D eigenvalue weighted by atomic mass is 16.5. The second-order valence-electron chi connectivity index (χ2n) is 8.09. The van der Waals surface area contributed by atoms with Crippen LogP contribution in [0.15, 0.2) is 108 Å². The summed E-state index contributed by atoms with van der Waals surface area (Å²) in [5, 5.41) is 0. The summed E-state index contributed by atoms with van der Waals surface area (Å²) in [4.78, 5) is 31.4. The van der Waals surface area contributed by atoms with Gasteiger partial charge in [-0.05, 0) is 12.5 Å². The molecule has 2 atom stereocenters. The number of carbonyl (C=O) groups excluding carboxylic acids is 2. The molecule has 0 saturated heterocycles. The minimum Gasteiger partial charge on any atom is -0.467 e. The van der Waals surface area contributed by atoms with Gasteiger partial charge in [-0.2, -0.15) is 0 Å². The maximum absolute atomic E-state index is 13.5. The standard InChI is InChI=1S/C29H27NO4/c1-3-34-27(31)24-19-25(21-13-7-4-8-14-21)29(20-24,28(32)33-2)30-26(22-15-9-5-10-16-22)23-17-11-6-12-18-23/h4-19,25H,3,20H2,1-2H3/t25-,29+/m1/s1. The smallest absolute Gasteiger partial charge is 0.335 e. The quantitative estimate of drug-likeness (QED) is 0.368. The zero-order valence-electron chi connectivity index (χ0n) is 19.3. The molecule has 1 aliphatic rings. The van der Waals surface area contributed by atoms with Gasteiger partial charge in [0, 0.05) is 29.0 Å². The van der Waals surface area contributed by atoms with E-state index in [1.807, 2.05) is 91.0 Å². The fraction of sp³-hybridized carbons (Fsp3) is 0.207. The first kappa shape index (κ1) is 23.2. The van der Waals surface area contributed by atoms with Crippen molar-refractivity contribution in [3.63, 3.8) is 0 Å². The average molecular weight is 454 g/mol. The average Bonchev–Trinajstić information content (AvgIpc) is 3.29. The third kappa shape index (κ3) is 4.55. The minimum absolute atomic E-state index is 0.0846. The van der Waals surface area contributed by atoms with Gasteiger partial charge in [-0.1, -0.05) is 97.1 Å². The normalized spacial score (nSPS) is 19.1. The summed E-state index contributed by atoms with van der Waals surface area (Å²) in [5.41, 5.74) is 2.33. The van der Waals surface area contributed by atoms with Crippen molar-refractivity contribution < 1.29 is 19.1 Å². The minimum atomic E-state index is -1.36. The van der Waals surface area contributed by atoms with Gasteiger partial charge in [0.15, 0.2) is 5.54 Å². The van der Waals surface area contributed by atoms with E-state index in [0.29, 0.717) is 11.3 Å². The zero-order chi connectivity index (χ0) is 24.0. The highest BCUT2D eigenvalue weighted by Gasteiger charge is 2.52. The summed E-state index contributed by atoms with van der Waals surface area (Å²) in [6.07, 6.45) is 1.89. The van der Waals surface area contributed by atoms with E-state index in [1.165, 1.54) is 7.11 Å². The van der Waals surface area contributed by atoms with Gasteiger partial charge >= 0.3 is 11.9 Å². The molecule has 0 unspecified atom stereocenters. The van der Waals surface area contributed by atoms with Gasteiger partial charge < -0.3 is 9.47 Å². The number of ether oxygens (including phenoxy) is 2. The molecule has 172 valence electrons. The van der Waals surface area contributed by atoms with Crippen LogP contribution in [0.2, 0.25) is 0 Å². The van der Waals surface area contributed by atoms with Gasteiger partial charge in [0.2, 0.25) is 0 Å². The first-order valence-corrected chi connectivity index (χ1v) is 11.3. The molecule has 4 rings (SSSR count). The van der Waals surface area contributed by atoms with Crippen molar-refractivity contribution in [2.24, 2.45) is 4.99 Å². The molecule has 5 nitrogen and oxygen atoms in total. The predicted molar refractivity (Wildman–Crippen MR) is 132 cm³/mol. The van der Waals surface area contributed by atoms with Gasteiger partial charge in [0.05, 0.1) is 19.4 Å². The molecule has 0 radical (unpaired) electrons. The lowest BCUT2D eigenvalue weighted by molar-refractivity contribution is -0.147. The summed E-state index contributed by atoms with van der Waals surface area (Å²) in [5.74, 6) is -1.44. The highest BCUT2D eigenvalue weighted by Crippen LogP contribution is 2.46. The number of hydrogen-bond acceptors (Lipinski definition) is 5. The van der Waals surface area contributed by atoms with Crippen LogP contribution in [0.5, 0.6) is 0 Å². The Morgan fingerprint density at radius 2 is 1.41 bits per heavy atom. The first-order valence-electron chi connectivity index (χ1n) is 11.3. The Hall–Kier alpha value is -3.99. The fourth-order valence-corrected chi connectivity index (χ4v) is 4.41. The molecule has 5 heteroatoms. The fourth-order valence-electron chi connectivity index (χ4n) is 4.41. The van der Waals surface area contributed by atoms with Crippen LogP contribution in [-0.4, -0.2) is 36.9 Å². The van der Waals surface area contributed by atoms with Crippen molar-refractivity contribution in [3.8, 4) is 0 Å². The van der Waals surface area contributed by atoms with E-state index in [-0.39, 0.29) is 13.0 Å². The van der Waals surface area contributed by atoms with Crippen LogP contribution >= 0.6 is 0 Å². The molecule has 0 N–H and O–H groups in total. The topological polar surface area (TPSA) is 65.0 Å². The highest BCUT2D eigenvalue weighted by molar-refractivity contribution is 6.14. The number of rotatable bonds is 7. The monoisotopic (exact) mass is 453 g/mol. The molecule has 0 fully saturated rings. The van der Waals surface area contributed by atoms with Gasteiger partial charge in [-0.3, -0.25) is 4.99 Å². The summed E-state index contributed by atoms with van der Waals surface area (Å²) < 4.78 is 10.6. The van der Waals surface area contributed by atoms with E-state index < -0.39 is 23.4 Å². The molecule has 0 amide bonds. The zero-order valence-corrected chi connectivity index (χ0v) is 19.3. The van der Waals surface area contributed by atoms with Crippen LogP contribution in [0.25, 0.3) is 0 Å². The summed E-state index contributed by atoms with van der Waals surface area (Å²) in [6.45, 7) is 2.01. The Morgan fingerprint density at radius 3 is 1.91 bits per heavy atom. The molecule has 0 aliphatic heterocycles. The van der Waals surface area contributed by atoms with Crippen molar-refractivity contribution in [1.82, 2.24) is 0 Å². The predicted octanol–water partition coefficient (Wildman–Crippen LogP) is 5.11. The molecule has 0 aromatic heterocycles. The summed E-state index contributed by atoms with van der Waals surface area (Å²) in [6, 6.07) is 29.1. The van der Waals surface area contributed by atoms with Crippen LogP contribution in [0, 0.1) is 0 Å². The SMILES string of the molecule is CCOC(=O)C1=C[C@H](c2ccccc2)[C@](N=C(c2ccccc2)c2ccccc2)(C(=O)OC)C1. The van der Waals surface area contributed by atoms with E-state index in [2.05, 4.69) is 0 Å². The van der Waals surface area contributed by atoms with E-state index >= 15 is 0 Å². The second kappa shape index (κ2) is 10.3. The van der Waals surface area contributed by atoms with Crippen molar-refractivity contribution in [3.05, 3.63) is 119 Å². The number of nitrogens with zero attached hydrogens (tertiary/aromatic N) is 1. The maximum atomic E-state index is 13.5. The van der Waals surface area contributed by atoms with E-state index in [0.717, 1.165) is 16.7 Å². The van der Waals surface area contributed by atoms with Crippen LogP contribution in [-0.2, 0) is 19.1 Å². The number of aliphatic imine (C=N–C) groups is 1. The van der Waals surface area contributed by atoms with Crippen molar-refractivity contribution in [2.45, 2.75) is 24.8 Å². The van der Waals surface area contributed by atoms with Gasteiger partial charge in [-0.25, -0.2) is 9.59 Å². The lowest BCUT2D eigenvalue weighted by Crippen LogP contribution is -2.42. The molecule has 0 bridgehead atoms. The number of hydrogen-bond donors (Lipinski definition) is 0. The molecule has 34 heavy (non-hydrogen) atoms. The van der Waals surface area contributed by atoms with E-state index in [4.69, 9.17) is 14.5 Å². The number of benzene rings is 3. The Labute approximate surface area is 199 Å². The van der Waals surface area contributed by atoms with Gasteiger partial charge in [0.25, 0.3) is 0 Å². The first-order chi connectivity index (χ1) is 16.6. The Morgan fingerprint density at radius 1 is 0.882 bits per heavy atom. The number of methoxy groups -OCH3 is 1. The number of esters is 2. The summed E-state index contributed by atoms with van der Waals surface area (Å²) in [7, 11) is 1.36.